The van der Waals surface area contributed by atoms with Crippen LogP contribution >= 0.6 is 0 Å². The smallest absolute Gasteiger partial charge is 0.226 e. The predicted molar refractivity (Wildman–Crippen MR) is 102 cm³/mol. The van der Waals surface area contributed by atoms with E-state index in [9.17, 15) is 4.79 Å². The molecule has 3 fully saturated rings. The van der Waals surface area contributed by atoms with Crippen molar-refractivity contribution in [2.24, 2.45) is 13.0 Å². The van der Waals surface area contributed by atoms with Gasteiger partial charge in [-0.05, 0) is 44.6 Å². The van der Waals surface area contributed by atoms with Gasteiger partial charge in [-0.1, -0.05) is 0 Å². The molecule has 4 heterocycles. The number of rotatable bonds is 4. The molecule has 0 bridgehead atoms. The van der Waals surface area contributed by atoms with Gasteiger partial charge in [0.25, 0.3) is 0 Å². The molecule has 0 radical (unpaired) electrons. The molecule has 7 heteroatoms. The first-order valence-corrected chi connectivity index (χ1v) is 10.1. The third-order valence-corrected chi connectivity index (χ3v) is 6.07. The second-order valence-electron chi connectivity index (χ2n) is 7.97. The molecule has 1 saturated carbocycles. The average Bonchev–Trinajstić information content (AvgIpc) is 3.09. The summed E-state index contributed by atoms with van der Waals surface area (Å²) in [6, 6.07) is 2.06. The topological polar surface area (TPSA) is 67.2 Å². The van der Waals surface area contributed by atoms with E-state index in [4.69, 9.17) is 4.98 Å². The van der Waals surface area contributed by atoms with E-state index in [-0.39, 0.29) is 12.0 Å². The Bertz CT molecular complexity index is 852. The van der Waals surface area contributed by atoms with Crippen molar-refractivity contribution in [2.75, 3.05) is 24.5 Å². The van der Waals surface area contributed by atoms with E-state index in [0.717, 1.165) is 68.2 Å². The van der Waals surface area contributed by atoms with Gasteiger partial charge in [-0.25, -0.2) is 9.97 Å². The molecule has 2 saturated heterocycles. The number of amides is 1. The van der Waals surface area contributed by atoms with Gasteiger partial charge in [0.2, 0.25) is 11.9 Å². The van der Waals surface area contributed by atoms with Crippen LogP contribution in [0.4, 0.5) is 5.95 Å². The number of likely N-dealkylation sites (tertiary alicyclic amines) is 1. The molecular weight excluding hydrogens is 340 g/mol. The number of hydrogen-bond donors (Lipinski definition) is 0. The van der Waals surface area contributed by atoms with Gasteiger partial charge in [0.05, 0.1) is 23.6 Å². The molecule has 2 aromatic heterocycles. The van der Waals surface area contributed by atoms with E-state index >= 15 is 0 Å². The van der Waals surface area contributed by atoms with E-state index in [1.165, 1.54) is 12.8 Å². The fourth-order valence-corrected chi connectivity index (χ4v) is 4.49. The number of aromatic nitrogens is 4. The molecule has 2 aromatic rings. The van der Waals surface area contributed by atoms with Crippen LogP contribution < -0.4 is 4.90 Å². The van der Waals surface area contributed by atoms with Gasteiger partial charge < -0.3 is 9.80 Å². The van der Waals surface area contributed by atoms with Gasteiger partial charge in [-0.15, -0.1) is 0 Å². The molecule has 1 atom stereocenters. The Morgan fingerprint density at radius 3 is 2.70 bits per heavy atom. The zero-order chi connectivity index (χ0) is 18.4. The first-order chi connectivity index (χ1) is 13.2. The lowest BCUT2D eigenvalue weighted by Gasteiger charge is -2.26. The van der Waals surface area contributed by atoms with E-state index in [1.54, 1.807) is 0 Å². The van der Waals surface area contributed by atoms with Crippen LogP contribution in [0.5, 0.6) is 0 Å². The first-order valence-electron chi connectivity index (χ1n) is 10.1. The first kappa shape index (κ1) is 16.7. The lowest BCUT2D eigenvalue weighted by atomic mass is 10.0. The molecule has 1 amide bonds. The average molecular weight is 366 g/mol. The van der Waals surface area contributed by atoms with Gasteiger partial charge >= 0.3 is 0 Å². The third-order valence-electron chi connectivity index (χ3n) is 6.07. The molecule has 0 spiro atoms. The van der Waals surface area contributed by atoms with Crippen molar-refractivity contribution >= 4 is 11.9 Å². The van der Waals surface area contributed by atoms with Crippen molar-refractivity contribution in [1.29, 1.82) is 0 Å². The highest BCUT2D eigenvalue weighted by atomic mass is 16.2. The van der Waals surface area contributed by atoms with Crippen LogP contribution in [0.2, 0.25) is 0 Å². The SMILES string of the molecule is Cn1ncc(-c2ccnc(N3CCCC3)n2)c1[C@@H]1CCCN1C(=O)C1CC1. The van der Waals surface area contributed by atoms with Gasteiger partial charge in [0, 0.05) is 44.4 Å². The van der Waals surface area contributed by atoms with Gasteiger partial charge in [0.15, 0.2) is 0 Å². The largest absolute Gasteiger partial charge is 0.341 e. The minimum atomic E-state index is 0.103. The van der Waals surface area contributed by atoms with Crippen molar-refractivity contribution in [3.05, 3.63) is 24.2 Å². The molecule has 0 aromatic carbocycles. The molecule has 3 aliphatic rings. The minimum absolute atomic E-state index is 0.103. The fraction of sp³-hybridized carbons (Fsp3) is 0.600. The lowest BCUT2D eigenvalue weighted by Crippen LogP contribution is -2.32. The summed E-state index contributed by atoms with van der Waals surface area (Å²) in [5.41, 5.74) is 3.04. The van der Waals surface area contributed by atoms with Crippen LogP contribution in [0.1, 0.15) is 50.3 Å². The number of carbonyl (C=O) groups is 1. The zero-order valence-electron chi connectivity index (χ0n) is 15.8. The Kier molecular flexibility index (Phi) is 4.10. The second-order valence-corrected chi connectivity index (χ2v) is 7.97. The van der Waals surface area contributed by atoms with Crippen LogP contribution in [0, 0.1) is 5.92 Å². The minimum Gasteiger partial charge on any atom is -0.341 e. The molecule has 0 N–H and O–H groups in total. The highest BCUT2D eigenvalue weighted by molar-refractivity contribution is 5.82. The van der Waals surface area contributed by atoms with E-state index in [0.29, 0.717) is 5.91 Å². The lowest BCUT2D eigenvalue weighted by molar-refractivity contribution is -0.133. The number of nitrogens with zero attached hydrogens (tertiary/aromatic N) is 6. The van der Waals surface area contributed by atoms with E-state index in [2.05, 4.69) is 19.9 Å². The quantitative estimate of drug-likeness (QED) is 0.832. The summed E-state index contributed by atoms with van der Waals surface area (Å²) in [6.07, 6.45) is 10.3. The summed E-state index contributed by atoms with van der Waals surface area (Å²) in [7, 11) is 1.97. The molecule has 27 heavy (non-hydrogen) atoms. The zero-order valence-corrected chi connectivity index (χ0v) is 15.8. The standard InChI is InChI=1S/C20H26N6O/c1-24-18(17-5-4-12-26(17)19(27)14-6-7-14)15(13-22-24)16-8-9-21-20(23-16)25-10-2-3-11-25/h8-9,13-14,17H,2-7,10-12H2,1H3/t17-/m0/s1. The second kappa shape index (κ2) is 6.62. The normalized spacial score (nSPS) is 22.6. The molecule has 2 aliphatic heterocycles. The summed E-state index contributed by atoms with van der Waals surface area (Å²) in [6.45, 7) is 2.90. The van der Waals surface area contributed by atoms with Crippen molar-refractivity contribution in [1.82, 2.24) is 24.6 Å². The Hall–Kier alpha value is -2.44. The summed E-state index contributed by atoms with van der Waals surface area (Å²) < 4.78 is 1.93. The summed E-state index contributed by atoms with van der Waals surface area (Å²) >= 11 is 0. The van der Waals surface area contributed by atoms with Gasteiger partial charge in [0.1, 0.15) is 0 Å². The number of anilines is 1. The molecule has 1 aliphatic carbocycles. The number of aryl methyl sites for hydroxylation is 1. The molecule has 7 nitrogen and oxygen atoms in total. The number of carbonyl (C=O) groups excluding carboxylic acids is 1. The molecule has 5 rings (SSSR count). The van der Waals surface area contributed by atoms with Crippen LogP contribution in [0.15, 0.2) is 18.5 Å². The van der Waals surface area contributed by atoms with Crippen molar-refractivity contribution in [3.63, 3.8) is 0 Å². The Morgan fingerprint density at radius 2 is 1.93 bits per heavy atom. The summed E-state index contributed by atoms with van der Waals surface area (Å²) in [4.78, 5) is 26.4. The van der Waals surface area contributed by atoms with Crippen LogP contribution in [0.3, 0.4) is 0 Å². The molecule has 0 unspecified atom stereocenters. The van der Waals surface area contributed by atoms with Gasteiger partial charge in [-0.2, -0.15) is 5.10 Å². The maximum Gasteiger partial charge on any atom is 0.226 e. The number of hydrogen-bond acceptors (Lipinski definition) is 5. The molecular formula is C20H26N6O. The van der Waals surface area contributed by atoms with Crippen molar-refractivity contribution in [2.45, 2.75) is 44.6 Å². The van der Waals surface area contributed by atoms with E-state index in [1.807, 2.05) is 30.2 Å². The summed E-state index contributed by atoms with van der Waals surface area (Å²) in [5.74, 6) is 1.38. The van der Waals surface area contributed by atoms with Gasteiger partial charge in [-0.3, -0.25) is 9.48 Å². The highest BCUT2D eigenvalue weighted by Crippen LogP contribution is 2.41. The van der Waals surface area contributed by atoms with Crippen LogP contribution in [-0.2, 0) is 11.8 Å². The Labute approximate surface area is 159 Å². The van der Waals surface area contributed by atoms with Crippen LogP contribution in [0.25, 0.3) is 11.3 Å². The third kappa shape index (κ3) is 2.99. The molecule has 142 valence electrons. The maximum absolute atomic E-state index is 12.8. The van der Waals surface area contributed by atoms with Crippen molar-refractivity contribution < 1.29 is 4.79 Å². The Balaban J connectivity index is 1.50. The van der Waals surface area contributed by atoms with Crippen LogP contribution in [-0.4, -0.2) is 50.2 Å². The summed E-state index contributed by atoms with van der Waals surface area (Å²) in [5, 5.41) is 4.52. The van der Waals surface area contributed by atoms with Crippen molar-refractivity contribution in [3.8, 4) is 11.3 Å². The maximum atomic E-state index is 12.8. The Morgan fingerprint density at radius 1 is 1.11 bits per heavy atom. The highest BCUT2D eigenvalue weighted by Gasteiger charge is 2.40. The predicted octanol–water partition coefficient (Wildman–Crippen LogP) is 2.55. The fourth-order valence-electron chi connectivity index (χ4n) is 4.49. The van der Waals surface area contributed by atoms with E-state index < -0.39 is 0 Å². The monoisotopic (exact) mass is 366 g/mol.